The van der Waals surface area contributed by atoms with Gasteiger partial charge in [-0.3, -0.25) is 14.4 Å². The second-order valence-electron chi connectivity index (χ2n) is 10.5. The van der Waals surface area contributed by atoms with Crippen LogP contribution in [0.1, 0.15) is 59.8 Å². The van der Waals surface area contributed by atoms with Crippen LogP contribution in [0.2, 0.25) is 0 Å². The minimum atomic E-state index is -0.692. The number of unbranched alkanes of at least 4 members (excludes halogenated alkanes) is 1. The summed E-state index contributed by atoms with van der Waals surface area (Å²) in [6, 6.07) is -1.20. The number of likely N-dealkylation sites (tertiary alicyclic amines) is 1. The van der Waals surface area contributed by atoms with Crippen molar-refractivity contribution in [2.45, 2.75) is 81.4 Å². The highest BCUT2D eigenvalue weighted by Crippen LogP contribution is 2.71. The third-order valence-corrected chi connectivity index (χ3v) is 10.0. The largest absolute Gasteiger partial charge is 0.394 e. The van der Waals surface area contributed by atoms with Crippen LogP contribution in [0.15, 0.2) is 25.3 Å². The van der Waals surface area contributed by atoms with Gasteiger partial charge >= 0.3 is 0 Å². The summed E-state index contributed by atoms with van der Waals surface area (Å²) in [4.78, 5) is 47.4. The number of amides is 3. The summed E-state index contributed by atoms with van der Waals surface area (Å²) in [5.41, 5.74) is 0. The van der Waals surface area contributed by atoms with Crippen LogP contribution in [0.25, 0.3) is 0 Å². The van der Waals surface area contributed by atoms with Crippen LogP contribution < -0.4 is 0 Å². The number of rotatable bonds is 13. The Morgan fingerprint density at radius 2 is 1.77 bits per heavy atom. The molecule has 0 saturated carbocycles. The van der Waals surface area contributed by atoms with Crippen LogP contribution in [0.5, 0.6) is 0 Å². The molecule has 3 amide bonds. The number of thioether (sulfide) groups is 1. The molecule has 1 spiro atoms. The van der Waals surface area contributed by atoms with Crippen molar-refractivity contribution in [3.8, 4) is 0 Å². The Morgan fingerprint density at radius 3 is 2.31 bits per heavy atom. The minimum Gasteiger partial charge on any atom is -0.394 e. The van der Waals surface area contributed by atoms with Crippen molar-refractivity contribution < 1.29 is 19.5 Å². The van der Waals surface area contributed by atoms with Gasteiger partial charge in [0, 0.05) is 30.9 Å². The van der Waals surface area contributed by atoms with Gasteiger partial charge in [-0.05, 0) is 39.5 Å². The van der Waals surface area contributed by atoms with Gasteiger partial charge in [0.2, 0.25) is 17.7 Å². The van der Waals surface area contributed by atoms with Crippen LogP contribution in [0.4, 0.5) is 0 Å². The first kappa shape index (κ1) is 27.8. The average molecular weight is 506 g/mol. The number of nitrogens with zero attached hydrogens (tertiary/aromatic N) is 3. The summed E-state index contributed by atoms with van der Waals surface area (Å²) in [7, 11) is 0. The Bertz CT molecular complexity index is 850. The number of hydrogen-bond donors (Lipinski definition) is 1. The van der Waals surface area contributed by atoms with Crippen LogP contribution in [-0.2, 0) is 14.4 Å². The van der Waals surface area contributed by atoms with E-state index >= 15 is 0 Å². The molecular formula is C27H43N3O4S. The zero-order valence-electron chi connectivity index (χ0n) is 21.9. The predicted octanol–water partition coefficient (Wildman–Crippen LogP) is 3.09. The van der Waals surface area contributed by atoms with Crippen molar-refractivity contribution in [2.75, 3.05) is 32.8 Å². The molecule has 3 saturated heterocycles. The van der Waals surface area contributed by atoms with E-state index in [1.54, 1.807) is 40.6 Å². The molecule has 35 heavy (non-hydrogen) atoms. The lowest BCUT2D eigenvalue weighted by atomic mass is 9.66. The number of hydrogen-bond acceptors (Lipinski definition) is 5. The second-order valence-corrected chi connectivity index (χ2v) is 12.4. The predicted molar refractivity (Wildman–Crippen MR) is 141 cm³/mol. The zero-order chi connectivity index (χ0) is 26.0. The smallest absolute Gasteiger partial charge is 0.247 e. The van der Waals surface area contributed by atoms with Crippen LogP contribution >= 0.6 is 11.8 Å². The normalized spacial score (nSPS) is 31.9. The Labute approximate surface area is 215 Å². The maximum Gasteiger partial charge on any atom is 0.247 e. The van der Waals surface area contributed by atoms with E-state index in [0.29, 0.717) is 32.6 Å². The molecule has 0 aromatic carbocycles. The van der Waals surface area contributed by atoms with E-state index in [9.17, 15) is 19.5 Å². The molecule has 196 valence electrons. The maximum atomic E-state index is 14.1. The van der Waals surface area contributed by atoms with E-state index in [1.165, 1.54) is 0 Å². The van der Waals surface area contributed by atoms with Crippen molar-refractivity contribution in [3.05, 3.63) is 25.3 Å². The summed E-state index contributed by atoms with van der Waals surface area (Å²) in [5.74, 6) is -1.32. The van der Waals surface area contributed by atoms with Crippen LogP contribution in [0.3, 0.4) is 0 Å². The summed E-state index contributed by atoms with van der Waals surface area (Å²) in [6.07, 6.45) is 7.60. The zero-order valence-corrected chi connectivity index (χ0v) is 22.7. The van der Waals surface area contributed by atoms with Gasteiger partial charge in [-0.1, -0.05) is 32.4 Å². The lowest BCUT2D eigenvalue weighted by Crippen LogP contribution is -2.57. The maximum absolute atomic E-state index is 14.1. The highest BCUT2D eigenvalue weighted by molar-refractivity contribution is 8.02. The topological polar surface area (TPSA) is 81.2 Å². The quantitative estimate of drug-likeness (QED) is 0.389. The lowest BCUT2D eigenvalue weighted by Gasteiger charge is -2.39. The summed E-state index contributed by atoms with van der Waals surface area (Å²) >= 11 is 1.68. The molecule has 3 heterocycles. The molecule has 0 radical (unpaired) electrons. The number of carbonyl (C=O) groups excluding carboxylic acids is 3. The van der Waals surface area contributed by atoms with Crippen molar-refractivity contribution >= 4 is 29.5 Å². The SMILES string of the molecule is C=CCN(CCCC)C(=O)C1N([C@H](C)CO)C(=O)[C@@H]2[C@@H](C(=O)N(CC=C)CCC)[C@@]3(C)CCC12S3. The minimum absolute atomic E-state index is 0.0136. The number of aliphatic hydroxyl groups is 1. The van der Waals surface area contributed by atoms with Crippen molar-refractivity contribution in [1.29, 1.82) is 0 Å². The van der Waals surface area contributed by atoms with Gasteiger partial charge in [-0.2, -0.15) is 0 Å². The Morgan fingerprint density at radius 1 is 1.14 bits per heavy atom. The van der Waals surface area contributed by atoms with Crippen LogP contribution in [-0.4, -0.2) is 91.9 Å². The highest BCUT2D eigenvalue weighted by atomic mass is 32.2. The second kappa shape index (κ2) is 11.1. The molecular weight excluding hydrogens is 462 g/mol. The molecule has 3 aliphatic rings. The van der Waals surface area contributed by atoms with Crippen molar-refractivity contribution in [2.24, 2.45) is 11.8 Å². The van der Waals surface area contributed by atoms with E-state index < -0.39 is 33.4 Å². The third-order valence-electron chi connectivity index (χ3n) is 8.05. The fraction of sp³-hybridized carbons (Fsp3) is 0.741. The van der Waals surface area contributed by atoms with Crippen molar-refractivity contribution in [3.63, 3.8) is 0 Å². The molecule has 6 atom stereocenters. The highest BCUT2D eigenvalue weighted by Gasteiger charge is 2.77. The van der Waals surface area contributed by atoms with Crippen molar-refractivity contribution in [1.82, 2.24) is 14.7 Å². The summed E-state index contributed by atoms with van der Waals surface area (Å²) in [6.45, 7) is 17.5. The fourth-order valence-electron chi connectivity index (χ4n) is 6.46. The molecule has 7 nitrogen and oxygen atoms in total. The molecule has 3 rings (SSSR count). The van der Waals surface area contributed by atoms with Gasteiger partial charge in [-0.15, -0.1) is 24.9 Å². The molecule has 0 aliphatic carbocycles. The Hall–Kier alpha value is -1.80. The molecule has 2 unspecified atom stereocenters. The molecule has 1 N–H and O–H groups in total. The molecule has 0 aromatic rings. The number of fused-ring (bicyclic) bond motifs is 1. The van der Waals surface area contributed by atoms with Gasteiger partial charge in [0.1, 0.15) is 6.04 Å². The van der Waals surface area contributed by atoms with E-state index in [1.807, 2.05) is 11.8 Å². The Balaban J connectivity index is 2.08. The van der Waals surface area contributed by atoms with E-state index in [0.717, 1.165) is 25.7 Å². The fourth-order valence-corrected chi connectivity index (χ4v) is 8.79. The van der Waals surface area contributed by atoms with Gasteiger partial charge < -0.3 is 19.8 Å². The molecule has 8 heteroatoms. The molecule has 0 aromatic heterocycles. The van der Waals surface area contributed by atoms with E-state index in [-0.39, 0.29) is 24.3 Å². The number of aliphatic hydroxyl groups excluding tert-OH is 1. The van der Waals surface area contributed by atoms with Gasteiger partial charge in [0.05, 0.1) is 29.2 Å². The average Bonchev–Trinajstić information content (AvgIpc) is 3.41. The summed E-state index contributed by atoms with van der Waals surface area (Å²) in [5, 5.41) is 10.1. The summed E-state index contributed by atoms with van der Waals surface area (Å²) < 4.78 is -1.06. The molecule has 3 aliphatic heterocycles. The first-order valence-electron chi connectivity index (χ1n) is 13.1. The monoisotopic (exact) mass is 505 g/mol. The van der Waals surface area contributed by atoms with Crippen LogP contribution in [0, 0.1) is 11.8 Å². The van der Waals surface area contributed by atoms with E-state index in [4.69, 9.17) is 0 Å². The van der Waals surface area contributed by atoms with Gasteiger partial charge in [0.25, 0.3) is 0 Å². The number of carbonyl (C=O) groups is 3. The first-order valence-corrected chi connectivity index (χ1v) is 13.9. The third kappa shape index (κ3) is 4.57. The van der Waals surface area contributed by atoms with Gasteiger partial charge in [-0.25, -0.2) is 0 Å². The van der Waals surface area contributed by atoms with Gasteiger partial charge in [0.15, 0.2) is 0 Å². The molecule has 3 fully saturated rings. The lowest BCUT2D eigenvalue weighted by molar-refractivity contribution is -0.147. The standard InChI is InChI=1S/C27H43N3O4S/c1-7-11-17-29(16-10-4)25(34)22-27-13-12-26(6,35-27)20(23(32)28(14-8-2)15-9-3)21(27)24(33)30(22)19(5)18-31/h8,10,19-22,31H,2,4,7,9,11-18H2,1,3,5-6H3/t19-,20+,21+,22?,26-,27?/m1/s1. The van der Waals surface area contributed by atoms with E-state index in [2.05, 4.69) is 27.0 Å². The molecule has 2 bridgehead atoms. The Kier molecular flexibility index (Phi) is 8.79. The first-order chi connectivity index (χ1) is 16.7.